The summed E-state index contributed by atoms with van der Waals surface area (Å²) in [6, 6.07) is 7.24. The number of Topliss-reactive ketones (excluding diaryl/α,β-unsaturated/α-hetero) is 1. The fourth-order valence-corrected chi connectivity index (χ4v) is 3.99. The standard InChI is InChI=1S/C12H10F2N2OS.C9H6N2O2S.C2H5F2N.CH4/c13-11(14)4-3-10(17)9-7-18-12(16-9)8-2-1-5-15-6-8;12-9(13)7-5-14-8(11-7)6-2-1-3-10-4-6;3-2(4)1-5;/h1-2,5-7,11H,3-4H2;1-5H,(H,12,13);2H,1,5H2;1H4. The maximum atomic E-state index is 12.0. The zero-order valence-electron chi connectivity index (χ0n) is 19.0. The van der Waals surface area contributed by atoms with Gasteiger partial charge in [0, 0.05) is 59.5 Å². The van der Waals surface area contributed by atoms with Crippen LogP contribution < -0.4 is 5.73 Å². The number of nitrogens with two attached hydrogens (primary N) is 1. The SMILES string of the molecule is C.NCC(F)F.O=C(CCC(F)F)c1csc(-c2cccnc2)n1.O=C(O)c1csc(-c2cccnc2)n1. The van der Waals surface area contributed by atoms with E-state index in [1.54, 1.807) is 42.3 Å². The van der Waals surface area contributed by atoms with Crippen LogP contribution >= 0.6 is 22.7 Å². The van der Waals surface area contributed by atoms with E-state index in [2.05, 4.69) is 25.7 Å². The monoisotopic (exact) mass is 571 g/mol. The summed E-state index contributed by atoms with van der Waals surface area (Å²) in [4.78, 5) is 38.2. The Morgan fingerprint density at radius 2 is 1.34 bits per heavy atom. The second-order valence-electron chi connectivity index (χ2n) is 6.84. The molecule has 0 unspecified atom stereocenters. The molecular formula is C24H25F4N5O3S2. The number of pyridine rings is 2. The smallest absolute Gasteiger partial charge is 0.355 e. The molecule has 3 N–H and O–H groups in total. The van der Waals surface area contributed by atoms with Crippen LogP contribution in [0, 0.1) is 0 Å². The Balaban J connectivity index is 0.000000322. The van der Waals surface area contributed by atoms with Gasteiger partial charge in [0.15, 0.2) is 11.5 Å². The highest BCUT2D eigenvalue weighted by atomic mass is 32.1. The van der Waals surface area contributed by atoms with Crippen LogP contribution in [-0.4, -0.2) is 56.2 Å². The molecule has 0 aliphatic rings. The van der Waals surface area contributed by atoms with Gasteiger partial charge in [-0.3, -0.25) is 14.8 Å². The largest absolute Gasteiger partial charge is 0.476 e. The fraction of sp³-hybridized carbons (Fsp3) is 0.250. The molecule has 0 radical (unpaired) electrons. The minimum absolute atomic E-state index is 0. The molecule has 0 bridgehead atoms. The molecule has 0 aromatic carbocycles. The van der Waals surface area contributed by atoms with E-state index in [-0.39, 0.29) is 31.0 Å². The third kappa shape index (κ3) is 11.2. The lowest BCUT2D eigenvalue weighted by Gasteiger charge is -1.96. The first-order valence-electron chi connectivity index (χ1n) is 10.5. The lowest BCUT2D eigenvalue weighted by Crippen LogP contribution is -2.08. The molecule has 4 aromatic rings. The van der Waals surface area contributed by atoms with Crippen molar-refractivity contribution in [2.75, 3.05) is 6.54 Å². The van der Waals surface area contributed by atoms with Gasteiger partial charge in [-0.2, -0.15) is 0 Å². The van der Waals surface area contributed by atoms with Gasteiger partial charge < -0.3 is 10.8 Å². The van der Waals surface area contributed by atoms with Gasteiger partial charge in [0.1, 0.15) is 15.7 Å². The molecule has 0 aliphatic carbocycles. The number of carbonyl (C=O) groups excluding carboxylic acids is 1. The van der Waals surface area contributed by atoms with E-state index in [1.165, 1.54) is 28.1 Å². The van der Waals surface area contributed by atoms with E-state index in [0.717, 1.165) is 11.1 Å². The van der Waals surface area contributed by atoms with Crippen molar-refractivity contribution in [1.29, 1.82) is 0 Å². The predicted octanol–water partition coefficient (Wildman–Crippen LogP) is 6.18. The van der Waals surface area contributed by atoms with Crippen LogP contribution in [0.5, 0.6) is 0 Å². The van der Waals surface area contributed by atoms with Gasteiger partial charge in [0.05, 0.1) is 6.54 Å². The Labute approximate surface area is 224 Å². The number of aromatic nitrogens is 4. The van der Waals surface area contributed by atoms with Gasteiger partial charge in [0.25, 0.3) is 6.43 Å². The van der Waals surface area contributed by atoms with Crippen molar-refractivity contribution < 1.29 is 32.3 Å². The quantitative estimate of drug-likeness (QED) is 0.189. The van der Waals surface area contributed by atoms with Crippen molar-refractivity contribution in [2.24, 2.45) is 5.73 Å². The number of ketones is 1. The van der Waals surface area contributed by atoms with Crippen molar-refractivity contribution >= 4 is 34.4 Å². The number of rotatable bonds is 8. The minimum Gasteiger partial charge on any atom is -0.476 e. The van der Waals surface area contributed by atoms with E-state index in [9.17, 15) is 27.2 Å². The van der Waals surface area contributed by atoms with Gasteiger partial charge in [-0.25, -0.2) is 32.3 Å². The molecule has 4 aromatic heterocycles. The Hall–Kier alpha value is -3.62. The number of thiazole rings is 2. The molecule has 0 fully saturated rings. The van der Waals surface area contributed by atoms with Crippen LogP contribution in [0.15, 0.2) is 59.8 Å². The van der Waals surface area contributed by atoms with Crippen LogP contribution in [-0.2, 0) is 0 Å². The fourth-order valence-electron chi connectivity index (χ4n) is 2.39. The third-order valence-corrected chi connectivity index (χ3v) is 5.88. The van der Waals surface area contributed by atoms with Crippen LogP contribution in [0.3, 0.4) is 0 Å². The number of aromatic carboxylic acids is 1. The molecule has 204 valence electrons. The van der Waals surface area contributed by atoms with Crippen molar-refractivity contribution in [2.45, 2.75) is 33.1 Å². The molecule has 0 aliphatic heterocycles. The topological polar surface area (TPSA) is 132 Å². The molecule has 0 saturated heterocycles. The third-order valence-electron chi connectivity index (χ3n) is 4.10. The Morgan fingerprint density at radius 3 is 1.71 bits per heavy atom. The van der Waals surface area contributed by atoms with Crippen molar-refractivity contribution in [3.63, 3.8) is 0 Å². The van der Waals surface area contributed by atoms with E-state index in [4.69, 9.17) is 5.11 Å². The molecule has 0 saturated carbocycles. The number of alkyl halides is 4. The van der Waals surface area contributed by atoms with Crippen LogP contribution in [0.2, 0.25) is 0 Å². The molecule has 38 heavy (non-hydrogen) atoms. The summed E-state index contributed by atoms with van der Waals surface area (Å²) in [7, 11) is 0. The first-order valence-corrected chi connectivity index (χ1v) is 12.2. The van der Waals surface area contributed by atoms with Crippen LogP contribution in [0.4, 0.5) is 17.6 Å². The summed E-state index contributed by atoms with van der Waals surface area (Å²) in [6.07, 6.45) is 1.23. The van der Waals surface area contributed by atoms with Gasteiger partial charge in [-0.1, -0.05) is 7.43 Å². The van der Waals surface area contributed by atoms with E-state index in [0.29, 0.717) is 10.0 Å². The summed E-state index contributed by atoms with van der Waals surface area (Å²) in [5.74, 6) is -1.35. The number of halogens is 4. The maximum absolute atomic E-state index is 12.0. The average molecular weight is 572 g/mol. The lowest BCUT2D eigenvalue weighted by atomic mass is 10.2. The van der Waals surface area contributed by atoms with Gasteiger partial charge >= 0.3 is 5.97 Å². The molecule has 4 rings (SSSR count). The van der Waals surface area contributed by atoms with Crippen LogP contribution in [0.1, 0.15) is 41.2 Å². The average Bonchev–Trinajstić information content (AvgIpc) is 3.60. The molecule has 4 heterocycles. The molecular weight excluding hydrogens is 546 g/mol. The number of carbonyl (C=O) groups is 2. The number of carboxylic acids is 1. The lowest BCUT2D eigenvalue weighted by molar-refractivity contribution is 0.0691. The second kappa shape index (κ2) is 17.0. The first-order chi connectivity index (χ1) is 17.7. The second-order valence-corrected chi connectivity index (χ2v) is 8.56. The van der Waals surface area contributed by atoms with E-state index >= 15 is 0 Å². The van der Waals surface area contributed by atoms with E-state index in [1.807, 2.05) is 12.1 Å². The molecule has 0 atom stereocenters. The Kier molecular flexibility index (Phi) is 14.5. The van der Waals surface area contributed by atoms with Gasteiger partial charge in [-0.05, 0) is 24.3 Å². The predicted molar refractivity (Wildman–Crippen MR) is 139 cm³/mol. The molecule has 0 amide bonds. The number of carboxylic acid groups (broad SMARTS) is 1. The Morgan fingerprint density at radius 1 is 0.868 bits per heavy atom. The highest BCUT2D eigenvalue weighted by Crippen LogP contribution is 2.24. The summed E-state index contributed by atoms with van der Waals surface area (Å²) in [6.45, 7) is -0.528. The highest BCUT2D eigenvalue weighted by molar-refractivity contribution is 7.13. The normalized spacial score (nSPS) is 10.1. The minimum atomic E-state index is -2.45. The number of nitrogens with zero attached hydrogens (tertiary/aromatic N) is 4. The number of hydrogen-bond acceptors (Lipinski definition) is 9. The van der Waals surface area contributed by atoms with Crippen molar-refractivity contribution in [1.82, 2.24) is 19.9 Å². The molecule has 0 spiro atoms. The first kappa shape index (κ1) is 32.4. The summed E-state index contributed by atoms with van der Waals surface area (Å²) in [5, 5.41) is 13.1. The molecule has 8 nitrogen and oxygen atoms in total. The summed E-state index contributed by atoms with van der Waals surface area (Å²) in [5.41, 5.74) is 6.40. The van der Waals surface area contributed by atoms with Gasteiger partial charge in [0.2, 0.25) is 6.43 Å². The zero-order chi connectivity index (χ0) is 27.2. The van der Waals surface area contributed by atoms with E-state index < -0.39 is 31.8 Å². The number of hydrogen-bond donors (Lipinski definition) is 2. The summed E-state index contributed by atoms with van der Waals surface area (Å²) >= 11 is 2.60. The van der Waals surface area contributed by atoms with Gasteiger partial charge in [-0.15, -0.1) is 22.7 Å². The molecule has 14 heteroatoms. The van der Waals surface area contributed by atoms with Crippen molar-refractivity contribution in [3.8, 4) is 21.1 Å². The zero-order valence-corrected chi connectivity index (χ0v) is 20.6. The van der Waals surface area contributed by atoms with Crippen LogP contribution in [0.25, 0.3) is 21.1 Å². The Bertz CT molecular complexity index is 1240. The highest BCUT2D eigenvalue weighted by Gasteiger charge is 2.14. The summed E-state index contributed by atoms with van der Waals surface area (Å²) < 4.78 is 45.3. The maximum Gasteiger partial charge on any atom is 0.355 e. The van der Waals surface area contributed by atoms with Crippen molar-refractivity contribution in [3.05, 3.63) is 71.2 Å².